The van der Waals surface area contributed by atoms with Gasteiger partial charge in [0.15, 0.2) is 0 Å². The number of esters is 2. The van der Waals surface area contributed by atoms with Crippen molar-refractivity contribution in [1.29, 1.82) is 0 Å². The molecule has 2 unspecified atom stereocenters. The summed E-state index contributed by atoms with van der Waals surface area (Å²) in [6, 6.07) is 0. The second kappa shape index (κ2) is 8.84. The lowest BCUT2D eigenvalue weighted by molar-refractivity contribution is -0.178. The van der Waals surface area contributed by atoms with Gasteiger partial charge in [-0.05, 0) is 56.8 Å². The minimum absolute atomic E-state index is 0.252. The number of carbonyl (C=O) groups excluding carboxylic acids is 2. The Hall–Kier alpha value is -0.930. The van der Waals surface area contributed by atoms with Crippen LogP contribution >= 0.6 is 12.0 Å². The Morgan fingerprint density at radius 1 is 1.12 bits per heavy atom. The molecule has 2 fully saturated rings. The van der Waals surface area contributed by atoms with E-state index >= 15 is 0 Å². The Kier molecular flexibility index (Phi) is 7.27. The van der Waals surface area contributed by atoms with E-state index in [1.165, 1.54) is 6.42 Å². The number of alkyl halides is 2. The summed E-state index contributed by atoms with van der Waals surface area (Å²) >= 11 is -0.455. The Labute approximate surface area is 156 Å². The molecule has 0 aromatic heterocycles. The lowest BCUT2D eigenvalue weighted by Gasteiger charge is -2.45. The van der Waals surface area contributed by atoms with E-state index in [0.717, 1.165) is 32.8 Å². The maximum absolute atomic E-state index is 13.3. The van der Waals surface area contributed by atoms with Gasteiger partial charge in [0.05, 0.1) is 12.5 Å². The first kappa shape index (κ1) is 21.4. The Bertz CT molecular complexity index is 497. The van der Waals surface area contributed by atoms with Crippen LogP contribution in [-0.2, 0) is 28.3 Å². The van der Waals surface area contributed by atoms with Gasteiger partial charge in [0, 0.05) is 0 Å². The number of hydrogen-bond donors (Lipinski definition) is 0. The second-order valence-corrected chi connectivity index (χ2v) is 8.44. The molecule has 2 aliphatic rings. The van der Waals surface area contributed by atoms with Crippen LogP contribution in [0, 0.1) is 23.2 Å². The van der Waals surface area contributed by atoms with Crippen molar-refractivity contribution in [1.82, 2.24) is 0 Å². The van der Waals surface area contributed by atoms with E-state index in [1.807, 2.05) is 6.92 Å². The highest BCUT2D eigenvalue weighted by molar-refractivity contribution is 7.96. The number of fused-ring (bicyclic) bond motifs is 2. The predicted octanol–water partition coefficient (Wildman–Crippen LogP) is 3.74. The molecule has 0 spiro atoms. The largest absolute Gasteiger partial charge is 0.462 e. The zero-order valence-corrected chi connectivity index (χ0v) is 16.1. The number of halogens is 2. The first-order chi connectivity index (χ1) is 12.2. The van der Waals surface area contributed by atoms with Gasteiger partial charge >= 0.3 is 17.2 Å². The van der Waals surface area contributed by atoms with E-state index in [2.05, 4.69) is 20.9 Å². The predicted molar refractivity (Wildman–Crippen MR) is 89.9 cm³/mol. The minimum atomic E-state index is -3.90. The van der Waals surface area contributed by atoms with Crippen molar-refractivity contribution in [2.24, 2.45) is 23.2 Å². The normalized spacial score (nSPS) is 31.3. The van der Waals surface area contributed by atoms with Gasteiger partial charge in [-0.25, -0.2) is 9.68 Å². The fourth-order valence-electron chi connectivity index (χ4n) is 4.39. The van der Waals surface area contributed by atoms with Gasteiger partial charge in [-0.3, -0.25) is 4.79 Å². The summed E-state index contributed by atoms with van der Waals surface area (Å²) in [5.41, 5.74) is -0.552. The van der Waals surface area contributed by atoms with Crippen LogP contribution in [0.3, 0.4) is 0 Å². The Morgan fingerprint density at radius 3 is 2.27 bits per heavy atom. The molecule has 2 atom stereocenters. The molecule has 150 valence electrons. The van der Waals surface area contributed by atoms with Gasteiger partial charge in [0.25, 0.3) is 0 Å². The first-order valence-electron chi connectivity index (χ1n) is 8.77. The molecule has 2 aliphatic carbocycles. The van der Waals surface area contributed by atoms with Crippen molar-refractivity contribution in [3.63, 3.8) is 0 Å². The maximum Gasteiger partial charge on any atom is 0.415 e. The third-order valence-corrected chi connectivity index (χ3v) is 5.68. The third-order valence-electron chi connectivity index (χ3n) is 5.10. The molecule has 2 rings (SSSR count). The van der Waals surface area contributed by atoms with E-state index in [1.54, 1.807) is 0 Å². The smallest absolute Gasteiger partial charge is 0.415 e. The summed E-state index contributed by atoms with van der Waals surface area (Å²) in [6.07, 6.45) is 5.01. The van der Waals surface area contributed by atoms with Crippen LogP contribution in [0.25, 0.3) is 0 Å². The van der Waals surface area contributed by atoms with Crippen molar-refractivity contribution in [3.8, 4) is 0 Å². The lowest BCUT2D eigenvalue weighted by Crippen LogP contribution is -2.42. The number of rotatable bonds is 8. The van der Waals surface area contributed by atoms with Crippen LogP contribution < -0.4 is 0 Å². The molecule has 6 nitrogen and oxygen atoms in total. The fourth-order valence-corrected chi connectivity index (χ4v) is 4.67. The highest BCUT2D eigenvalue weighted by Crippen LogP contribution is 2.50. The van der Waals surface area contributed by atoms with Crippen LogP contribution in [0.5, 0.6) is 0 Å². The molecular weight excluding hydrogens is 370 g/mol. The topological polar surface area (TPSA) is 71.1 Å². The van der Waals surface area contributed by atoms with Gasteiger partial charge in [0.2, 0.25) is 0 Å². The minimum Gasteiger partial charge on any atom is -0.462 e. The fraction of sp³-hybridized carbons (Fsp3) is 0.882. The van der Waals surface area contributed by atoms with Crippen LogP contribution in [0.15, 0.2) is 0 Å². The second-order valence-electron chi connectivity index (χ2n) is 7.62. The Morgan fingerprint density at radius 2 is 1.69 bits per heavy atom. The van der Waals surface area contributed by atoms with E-state index in [-0.39, 0.29) is 12.6 Å². The van der Waals surface area contributed by atoms with Crippen molar-refractivity contribution in [3.05, 3.63) is 0 Å². The standard InChI is InChI=1S/C17H26F2O6S/c1-11-6-12-8-13(7-11)10-16(2,9-12)14(20)23-4-5-24-15(21)17(18,19)26-25-22-3/h11-13H,4-10H2,1-3H3. The van der Waals surface area contributed by atoms with E-state index in [0.29, 0.717) is 17.8 Å². The lowest BCUT2D eigenvalue weighted by atomic mass is 9.59. The first-order valence-corrected chi connectivity index (χ1v) is 9.51. The van der Waals surface area contributed by atoms with Crippen LogP contribution in [-0.4, -0.2) is 37.5 Å². The van der Waals surface area contributed by atoms with Gasteiger partial charge in [0.1, 0.15) is 25.3 Å². The number of hydrogen-bond acceptors (Lipinski definition) is 7. The summed E-state index contributed by atoms with van der Waals surface area (Å²) in [7, 11) is 1.04. The number of carbonyl (C=O) groups is 2. The van der Waals surface area contributed by atoms with Crippen molar-refractivity contribution < 1.29 is 37.1 Å². The molecule has 9 heteroatoms. The Balaban J connectivity index is 1.74. The zero-order chi connectivity index (χ0) is 19.4. The summed E-state index contributed by atoms with van der Waals surface area (Å²) in [6.45, 7) is 3.47. The van der Waals surface area contributed by atoms with Gasteiger partial charge < -0.3 is 9.47 Å². The molecular formula is C17H26F2O6S. The monoisotopic (exact) mass is 396 g/mol. The zero-order valence-electron chi connectivity index (χ0n) is 15.3. The van der Waals surface area contributed by atoms with Gasteiger partial charge in [-0.2, -0.15) is 13.1 Å². The quantitative estimate of drug-likeness (QED) is 0.203. The van der Waals surface area contributed by atoms with E-state index in [9.17, 15) is 18.4 Å². The van der Waals surface area contributed by atoms with Crippen LogP contribution in [0.2, 0.25) is 0 Å². The molecule has 2 saturated carbocycles. The molecule has 0 radical (unpaired) electrons. The summed E-state index contributed by atoms with van der Waals surface area (Å²) < 4.78 is 40.2. The molecule has 26 heavy (non-hydrogen) atoms. The van der Waals surface area contributed by atoms with E-state index in [4.69, 9.17) is 4.74 Å². The molecule has 0 saturated heterocycles. The average molecular weight is 396 g/mol. The van der Waals surface area contributed by atoms with Crippen LogP contribution in [0.4, 0.5) is 8.78 Å². The number of ether oxygens (including phenoxy) is 2. The molecule has 0 amide bonds. The summed E-state index contributed by atoms with van der Waals surface area (Å²) in [5.74, 6) is -0.362. The molecule has 0 aromatic carbocycles. The maximum atomic E-state index is 13.3. The van der Waals surface area contributed by atoms with Gasteiger partial charge in [-0.1, -0.05) is 6.92 Å². The molecule has 0 aromatic rings. The van der Waals surface area contributed by atoms with Crippen molar-refractivity contribution in [2.45, 2.75) is 51.2 Å². The average Bonchev–Trinajstić information content (AvgIpc) is 2.55. The van der Waals surface area contributed by atoms with Crippen LogP contribution in [0.1, 0.15) is 46.0 Å². The summed E-state index contributed by atoms with van der Waals surface area (Å²) in [4.78, 5) is 27.7. The molecule has 0 N–H and O–H groups in total. The van der Waals surface area contributed by atoms with Gasteiger partial charge in [-0.15, -0.1) is 0 Å². The molecule has 0 aliphatic heterocycles. The highest BCUT2D eigenvalue weighted by atomic mass is 32.2. The van der Waals surface area contributed by atoms with Crippen molar-refractivity contribution in [2.75, 3.05) is 20.3 Å². The van der Waals surface area contributed by atoms with Crippen molar-refractivity contribution >= 4 is 24.0 Å². The highest BCUT2D eigenvalue weighted by Gasteiger charge is 2.46. The van der Waals surface area contributed by atoms with E-state index < -0.39 is 35.3 Å². The molecule has 2 bridgehead atoms. The summed E-state index contributed by atoms with van der Waals surface area (Å²) in [5, 5.41) is -3.90. The molecule has 0 heterocycles. The third kappa shape index (κ3) is 5.53. The SMILES string of the molecule is COOSC(F)(F)C(=O)OCCOC(=O)C1(C)CC2CC(C)CC(C2)C1.